The van der Waals surface area contributed by atoms with Gasteiger partial charge in [-0.25, -0.2) is 13.8 Å². The van der Waals surface area contributed by atoms with Crippen molar-refractivity contribution in [3.63, 3.8) is 0 Å². The Kier molecular flexibility index (Phi) is 6.91. The van der Waals surface area contributed by atoms with Gasteiger partial charge in [0, 0.05) is 17.0 Å². The van der Waals surface area contributed by atoms with Crippen LogP contribution in [-0.4, -0.2) is 31.0 Å². The summed E-state index contributed by atoms with van der Waals surface area (Å²) in [4.78, 5) is 16.5. The van der Waals surface area contributed by atoms with Crippen molar-refractivity contribution in [3.8, 4) is 22.8 Å². The zero-order chi connectivity index (χ0) is 20.6. The van der Waals surface area contributed by atoms with Gasteiger partial charge in [0.15, 0.2) is 5.13 Å². The third-order valence-corrected chi connectivity index (χ3v) is 4.54. The van der Waals surface area contributed by atoms with Crippen molar-refractivity contribution in [3.05, 3.63) is 65.6 Å². The number of halogens is 2. The lowest BCUT2D eigenvalue weighted by Crippen LogP contribution is -2.07. The maximum atomic E-state index is 12.2. The molecule has 3 aromatic rings. The number of ether oxygens (including phenoxy) is 2. The van der Waals surface area contributed by atoms with Gasteiger partial charge in [-0.1, -0.05) is 12.1 Å². The van der Waals surface area contributed by atoms with Crippen molar-refractivity contribution in [2.45, 2.75) is 6.43 Å². The predicted molar refractivity (Wildman–Crippen MR) is 110 cm³/mol. The fraction of sp³-hybridized carbons (Fsp3) is 0.143. The second kappa shape index (κ2) is 9.79. The molecule has 1 heterocycles. The van der Waals surface area contributed by atoms with E-state index in [1.165, 1.54) is 17.4 Å². The molecule has 2 aromatic carbocycles. The molecular weight excluding hydrogens is 398 g/mol. The van der Waals surface area contributed by atoms with Gasteiger partial charge in [0.2, 0.25) is 5.91 Å². The maximum absolute atomic E-state index is 12.2. The molecule has 0 atom stereocenters. The molecule has 0 bridgehead atoms. The molecule has 150 valence electrons. The third kappa shape index (κ3) is 6.11. The van der Waals surface area contributed by atoms with Crippen LogP contribution in [0.25, 0.3) is 17.3 Å². The average Bonchev–Trinajstić information content (AvgIpc) is 3.19. The van der Waals surface area contributed by atoms with E-state index in [9.17, 15) is 13.6 Å². The van der Waals surface area contributed by atoms with Crippen LogP contribution in [0.1, 0.15) is 5.56 Å². The maximum Gasteiger partial charge on any atom is 0.272 e. The van der Waals surface area contributed by atoms with Gasteiger partial charge in [-0.3, -0.25) is 10.1 Å². The summed E-state index contributed by atoms with van der Waals surface area (Å²) in [7, 11) is 1.60. The van der Waals surface area contributed by atoms with E-state index >= 15 is 0 Å². The summed E-state index contributed by atoms with van der Waals surface area (Å²) in [5, 5.41) is 5.03. The molecule has 0 saturated carbocycles. The zero-order valence-electron chi connectivity index (χ0n) is 15.5. The van der Waals surface area contributed by atoms with Crippen LogP contribution in [-0.2, 0) is 4.79 Å². The highest BCUT2D eigenvalue weighted by atomic mass is 32.1. The number of hydrogen-bond acceptors (Lipinski definition) is 5. The molecule has 3 rings (SSSR count). The molecule has 0 saturated heterocycles. The summed E-state index contributed by atoms with van der Waals surface area (Å²) in [6.07, 6.45) is 0.379. The summed E-state index contributed by atoms with van der Waals surface area (Å²) in [5.74, 6) is 0.725. The number of nitrogens with zero attached hydrogens (tertiary/aromatic N) is 1. The number of amides is 1. The topological polar surface area (TPSA) is 60.5 Å². The molecule has 8 heteroatoms. The zero-order valence-corrected chi connectivity index (χ0v) is 16.3. The molecule has 5 nitrogen and oxygen atoms in total. The molecule has 1 aromatic heterocycles. The SMILES string of the molecule is COc1ccc(-c2csc(NC(=O)/C=C/c3cccc(OCC(F)F)c3)n2)cc1. The number of aromatic nitrogens is 1. The minimum atomic E-state index is -2.54. The first-order valence-electron chi connectivity index (χ1n) is 8.63. The minimum absolute atomic E-state index is 0.317. The second-order valence-corrected chi connectivity index (χ2v) is 6.72. The van der Waals surface area contributed by atoms with Gasteiger partial charge in [-0.15, -0.1) is 11.3 Å². The number of rotatable bonds is 8. The van der Waals surface area contributed by atoms with Gasteiger partial charge in [0.1, 0.15) is 18.1 Å². The molecule has 0 aliphatic heterocycles. The minimum Gasteiger partial charge on any atom is -0.497 e. The Hall–Kier alpha value is -3.26. The van der Waals surface area contributed by atoms with E-state index in [0.29, 0.717) is 16.4 Å². The van der Waals surface area contributed by atoms with E-state index in [1.807, 2.05) is 29.6 Å². The Morgan fingerprint density at radius 1 is 1.21 bits per heavy atom. The average molecular weight is 416 g/mol. The van der Waals surface area contributed by atoms with E-state index in [4.69, 9.17) is 9.47 Å². The molecular formula is C21H18F2N2O3S. The van der Waals surface area contributed by atoms with Crippen molar-refractivity contribution in [1.82, 2.24) is 4.98 Å². The number of thiazole rings is 1. The fourth-order valence-corrected chi connectivity index (χ4v) is 3.13. The Bertz CT molecular complexity index is 988. The highest BCUT2D eigenvalue weighted by Crippen LogP contribution is 2.26. The van der Waals surface area contributed by atoms with Crippen molar-refractivity contribution in [2.75, 3.05) is 19.0 Å². The summed E-state index contributed by atoms with van der Waals surface area (Å²) in [6.45, 7) is -0.672. The van der Waals surface area contributed by atoms with E-state index in [1.54, 1.807) is 37.5 Å². The molecule has 0 radical (unpaired) electrons. The van der Waals surface area contributed by atoms with Gasteiger partial charge in [-0.2, -0.15) is 0 Å². The Labute approximate surface area is 170 Å². The Morgan fingerprint density at radius 2 is 2.00 bits per heavy atom. The first-order chi connectivity index (χ1) is 14.0. The second-order valence-electron chi connectivity index (χ2n) is 5.86. The molecule has 0 fully saturated rings. The summed E-state index contributed by atoms with van der Waals surface area (Å²) >= 11 is 1.32. The lowest BCUT2D eigenvalue weighted by atomic mass is 10.2. The van der Waals surface area contributed by atoms with Crippen LogP contribution in [0.5, 0.6) is 11.5 Å². The Morgan fingerprint density at radius 3 is 2.72 bits per heavy atom. The molecule has 0 spiro atoms. The van der Waals surface area contributed by atoms with Crippen molar-refractivity contribution in [1.29, 1.82) is 0 Å². The first kappa shape index (κ1) is 20.5. The standard InChI is InChI=1S/C21H18F2N2O3S/c1-27-16-8-6-15(7-9-16)18-13-29-21(24-18)25-20(26)10-5-14-3-2-4-17(11-14)28-12-19(22)23/h2-11,13,19H,12H2,1H3,(H,24,25,26)/b10-5+. The molecule has 1 amide bonds. The number of methoxy groups -OCH3 is 1. The van der Waals surface area contributed by atoms with Crippen LogP contribution < -0.4 is 14.8 Å². The smallest absolute Gasteiger partial charge is 0.272 e. The highest BCUT2D eigenvalue weighted by molar-refractivity contribution is 7.14. The van der Waals surface area contributed by atoms with E-state index in [2.05, 4.69) is 10.3 Å². The largest absolute Gasteiger partial charge is 0.497 e. The number of carbonyl (C=O) groups is 1. The number of alkyl halides is 2. The van der Waals surface area contributed by atoms with E-state index in [-0.39, 0.29) is 5.91 Å². The number of anilines is 1. The number of benzene rings is 2. The van der Waals surface area contributed by atoms with Crippen molar-refractivity contribution in [2.24, 2.45) is 0 Å². The fourth-order valence-electron chi connectivity index (χ4n) is 2.41. The number of hydrogen-bond donors (Lipinski definition) is 1. The first-order valence-corrected chi connectivity index (χ1v) is 9.51. The Balaban J connectivity index is 1.59. The summed E-state index contributed by atoms with van der Waals surface area (Å²) < 4.78 is 34.6. The van der Waals surface area contributed by atoms with Gasteiger partial charge >= 0.3 is 0 Å². The van der Waals surface area contributed by atoms with Crippen LogP contribution in [0, 0.1) is 0 Å². The molecule has 0 aliphatic carbocycles. The molecule has 0 aliphatic rings. The summed E-state index contributed by atoms with van der Waals surface area (Å²) in [5.41, 5.74) is 2.32. The molecule has 1 N–H and O–H groups in total. The van der Waals surface area contributed by atoms with Crippen LogP contribution in [0.2, 0.25) is 0 Å². The molecule has 0 unspecified atom stereocenters. The lowest BCUT2D eigenvalue weighted by molar-refractivity contribution is -0.111. The molecule has 29 heavy (non-hydrogen) atoms. The van der Waals surface area contributed by atoms with Gasteiger partial charge in [0.05, 0.1) is 12.8 Å². The van der Waals surface area contributed by atoms with Crippen LogP contribution in [0.15, 0.2) is 60.0 Å². The number of carbonyl (C=O) groups excluding carboxylic acids is 1. The summed E-state index contributed by atoms with van der Waals surface area (Å²) in [6, 6.07) is 14.0. The van der Waals surface area contributed by atoms with Crippen LogP contribution in [0.4, 0.5) is 13.9 Å². The van der Waals surface area contributed by atoms with E-state index in [0.717, 1.165) is 17.0 Å². The van der Waals surface area contributed by atoms with Crippen LogP contribution >= 0.6 is 11.3 Å². The van der Waals surface area contributed by atoms with E-state index < -0.39 is 13.0 Å². The normalized spacial score (nSPS) is 11.0. The van der Waals surface area contributed by atoms with Crippen LogP contribution in [0.3, 0.4) is 0 Å². The van der Waals surface area contributed by atoms with Crippen molar-refractivity contribution < 1.29 is 23.0 Å². The lowest BCUT2D eigenvalue weighted by Gasteiger charge is -2.05. The third-order valence-electron chi connectivity index (χ3n) is 3.78. The quantitative estimate of drug-likeness (QED) is 0.518. The number of nitrogens with one attached hydrogen (secondary N) is 1. The van der Waals surface area contributed by atoms with Gasteiger partial charge in [-0.05, 0) is 48.0 Å². The van der Waals surface area contributed by atoms with Crippen molar-refractivity contribution >= 4 is 28.5 Å². The predicted octanol–water partition coefficient (Wildman–Crippen LogP) is 5.11. The highest BCUT2D eigenvalue weighted by Gasteiger charge is 2.07. The van der Waals surface area contributed by atoms with Gasteiger partial charge < -0.3 is 9.47 Å². The van der Waals surface area contributed by atoms with Gasteiger partial charge in [0.25, 0.3) is 6.43 Å². The monoisotopic (exact) mass is 416 g/mol.